The van der Waals surface area contributed by atoms with Crippen LogP contribution in [-0.2, 0) is 4.79 Å². The molecule has 0 aliphatic carbocycles. The molecule has 0 rings (SSSR count). The zero-order valence-electron chi connectivity index (χ0n) is 21.4. The smallest absolute Gasteiger partial charge is 0.303 e. The molecule has 0 saturated heterocycles. The molecule has 0 aromatic heterocycles. The van der Waals surface area contributed by atoms with Crippen LogP contribution in [0.5, 0.6) is 0 Å². The fourth-order valence-electron chi connectivity index (χ4n) is 4.43. The number of rotatable bonds is 26. The molecule has 2 atom stereocenters. The summed E-state index contributed by atoms with van der Waals surface area (Å²) < 4.78 is 0. The van der Waals surface area contributed by atoms with Crippen LogP contribution < -0.4 is 0 Å². The topological polar surface area (TPSA) is 77.8 Å². The van der Waals surface area contributed by atoms with E-state index < -0.39 is 5.97 Å². The van der Waals surface area contributed by atoms with Crippen molar-refractivity contribution >= 4 is 5.97 Å². The minimum atomic E-state index is -0.677. The molecule has 0 aliphatic heterocycles. The van der Waals surface area contributed by atoms with Gasteiger partial charge in [-0.15, -0.1) is 0 Å². The summed E-state index contributed by atoms with van der Waals surface area (Å²) in [5.74, 6) is -0.677. The Morgan fingerprint density at radius 1 is 0.500 bits per heavy atom. The van der Waals surface area contributed by atoms with Crippen molar-refractivity contribution in [3.05, 3.63) is 0 Å². The van der Waals surface area contributed by atoms with Crippen LogP contribution in [0.1, 0.15) is 161 Å². The quantitative estimate of drug-likeness (QED) is 0.115. The molecule has 4 nitrogen and oxygen atoms in total. The standard InChI is InChI=1S/C28H56O4/c1-2-3-4-5-6-12-15-18-21-26(29)24-25-27(30)22-19-16-13-10-8-7-9-11-14-17-20-23-28(31)32/h26-27,29-30H,2-25H2,1H3,(H,31,32). The average Bonchev–Trinajstić information content (AvgIpc) is 2.77. The SMILES string of the molecule is CCCCCCCCCCC(O)CCC(O)CCCCCCCCCCCCCC(=O)O. The van der Waals surface area contributed by atoms with Gasteiger partial charge in [0.2, 0.25) is 0 Å². The predicted molar refractivity (Wildman–Crippen MR) is 136 cm³/mol. The highest BCUT2D eigenvalue weighted by Crippen LogP contribution is 2.16. The fourth-order valence-corrected chi connectivity index (χ4v) is 4.43. The molecule has 0 amide bonds. The molecule has 0 fully saturated rings. The van der Waals surface area contributed by atoms with Crippen molar-refractivity contribution in [2.45, 2.75) is 173 Å². The number of aliphatic hydroxyl groups excluding tert-OH is 2. The molecule has 2 unspecified atom stereocenters. The molecule has 0 aromatic rings. The third kappa shape index (κ3) is 25.6. The van der Waals surface area contributed by atoms with E-state index in [-0.39, 0.29) is 12.2 Å². The first kappa shape index (κ1) is 31.4. The van der Waals surface area contributed by atoms with Gasteiger partial charge in [0.15, 0.2) is 0 Å². The normalized spacial score (nSPS) is 13.3. The van der Waals surface area contributed by atoms with Crippen LogP contribution in [0.2, 0.25) is 0 Å². The minimum Gasteiger partial charge on any atom is -0.481 e. The van der Waals surface area contributed by atoms with Crippen molar-refractivity contribution < 1.29 is 20.1 Å². The Morgan fingerprint density at radius 2 is 0.812 bits per heavy atom. The van der Waals surface area contributed by atoms with E-state index >= 15 is 0 Å². The second-order valence-corrected chi connectivity index (χ2v) is 9.97. The van der Waals surface area contributed by atoms with Gasteiger partial charge in [-0.05, 0) is 32.1 Å². The third-order valence-corrected chi connectivity index (χ3v) is 6.65. The lowest BCUT2D eigenvalue weighted by Crippen LogP contribution is -2.13. The Hall–Kier alpha value is -0.610. The van der Waals surface area contributed by atoms with Gasteiger partial charge in [-0.3, -0.25) is 4.79 Å². The fraction of sp³-hybridized carbons (Fsp3) is 0.964. The molecule has 32 heavy (non-hydrogen) atoms. The van der Waals surface area contributed by atoms with Gasteiger partial charge in [0, 0.05) is 6.42 Å². The van der Waals surface area contributed by atoms with E-state index in [1.165, 1.54) is 96.3 Å². The van der Waals surface area contributed by atoms with Crippen molar-refractivity contribution in [2.75, 3.05) is 0 Å². The van der Waals surface area contributed by atoms with Crippen LogP contribution in [-0.4, -0.2) is 33.5 Å². The lowest BCUT2D eigenvalue weighted by Gasteiger charge is -2.14. The first-order valence-corrected chi connectivity index (χ1v) is 14.1. The summed E-state index contributed by atoms with van der Waals surface area (Å²) in [6.45, 7) is 2.25. The molecular weight excluding hydrogens is 400 g/mol. The molecule has 0 spiro atoms. The van der Waals surface area contributed by atoms with Crippen LogP contribution in [0.15, 0.2) is 0 Å². The van der Waals surface area contributed by atoms with Crippen LogP contribution in [0, 0.1) is 0 Å². The van der Waals surface area contributed by atoms with Crippen LogP contribution in [0.3, 0.4) is 0 Å². The van der Waals surface area contributed by atoms with Crippen molar-refractivity contribution in [1.29, 1.82) is 0 Å². The molecule has 0 aromatic carbocycles. The monoisotopic (exact) mass is 456 g/mol. The lowest BCUT2D eigenvalue weighted by molar-refractivity contribution is -0.137. The van der Waals surface area contributed by atoms with Crippen molar-refractivity contribution in [3.8, 4) is 0 Å². The summed E-state index contributed by atoms with van der Waals surface area (Å²) >= 11 is 0. The minimum absolute atomic E-state index is 0.234. The van der Waals surface area contributed by atoms with Gasteiger partial charge in [0.25, 0.3) is 0 Å². The van der Waals surface area contributed by atoms with Crippen LogP contribution >= 0.6 is 0 Å². The molecule has 0 heterocycles. The predicted octanol–water partition coefficient (Wildman–Crippen LogP) is 8.18. The summed E-state index contributed by atoms with van der Waals surface area (Å²) in [6, 6.07) is 0. The molecule has 0 aliphatic rings. The zero-order chi connectivity index (χ0) is 23.7. The van der Waals surface area contributed by atoms with Crippen molar-refractivity contribution in [3.63, 3.8) is 0 Å². The van der Waals surface area contributed by atoms with E-state index in [9.17, 15) is 15.0 Å². The summed E-state index contributed by atoms with van der Waals surface area (Å²) in [6.07, 6.45) is 26.4. The number of hydrogen-bond donors (Lipinski definition) is 3. The molecule has 4 heteroatoms. The maximum Gasteiger partial charge on any atom is 0.303 e. The molecule has 0 radical (unpaired) electrons. The Kier molecular flexibility index (Phi) is 24.5. The molecular formula is C28H56O4. The van der Waals surface area contributed by atoms with Gasteiger partial charge >= 0.3 is 5.97 Å². The highest BCUT2D eigenvalue weighted by atomic mass is 16.4. The molecule has 0 saturated carbocycles. The molecule has 0 bridgehead atoms. The maximum absolute atomic E-state index is 10.4. The highest BCUT2D eigenvalue weighted by Gasteiger charge is 2.09. The first-order chi connectivity index (χ1) is 15.6. The Labute approximate surface area is 199 Å². The zero-order valence-corrected chi connectivity index (χ0v) is 21.4. The number of aliphatic carboxylic acids is 1. The summed E-state index contributed by atoms with van der Waals surface area (Å²) in [5.41, 5.74) is 0. The van der Waals surface area contributed by atoms with Gasteiger partial charge < -0.3 is 15.3 Å². The Morgan fingerprint density at radius 3 is 1.16 bits per heavy atom. The molecule has 3 N–H and O–H groups in total. The van der Waals surface area contributed by atoms with Gasteiger partial charge in [-0.1, -0.05) is 122 Å². The van der Waals surface area contributed by atoms with Gasteiger partial charge in [0.05, 0.1) is 12.2 Å². The van der Waals surface area contributed by atoms with Gasteiger partial charge in [0.1, 0.15) is 0 Å². The Balaban J connectivity index is 3.28. The summed E-state index contributed by atoms with van der Waals surface area (Å²) in [7, 11) is 0. The number of unbranched alkanes of at least 4 members (excludes halogenated alkanes) is 17. The van der Waals surface area contributed by atoms with E-state index in [1.807, 2.05) is 0 Å². The molecule has 192 valence electrons. The van der Waals surface area contributed by atoms with E-state index in [4.69, 9.17) is 5.11 Å². The summed E-state index contributed by atoms with van der Waals surface area (Å²) in [4.78, 5) is 10.4. The Bertz CT molecular complexity index is 386. The van der Waals surface area contributed by atoms with Gasteiger partial charge in [-0.25, -0.2) is 0 Å². The van der Waals surface area contributed by atoms with E-state index in [1.54, 1.807) is 0 Å². The van der Waals surface area contributed by atoms with Gasteiger partial charge in [-0.2, -0.15) is 0 Å². The lowest BCUT2D eigenvalue weighted by atomic mass is 9.99. The largest absolute Gasteiger partial charge is 0.481 e. The second kappa shape index (κ2) is 25.0. The van der Waals surface area contributed by atoms with Crippen molar-refractivity contribution in [1.82, 2.24) is 0 Å². The second-order valence-electron chi connectivity index (χ2n) is 9.97. The van der Waals surface area contributed by atoms with E-state index in [0.717, 1.165) is 51.4 Å². The number of carbonyl (C=O) groups is 1. The number of carboxylic acids is 1. The first-order valence-electron chi connectivity index (χ1n) is 14.1. The van der Waals surface area contributed by atoms with Crippen LogP contribution in [0.4, 0.5) is 0 Å². The number of carboxylic acid groups (broad SMARTS) is 1. The third-order valence-electron chi connectivity index (χ3n) is 6.65. The number of aliphatic hydroxyl groups is 2. The maximum atomic E-state index is 10.4. The van der Waals surface area contributed by atoms with E-state index in [0.29, 0.717) is 6.42 Å². The number of hydrogen-bond acceptors (Lipinski definition) is 3. The highest BCUT2D eigenvalue weighted by molar-refractivity contribution is 5.66. The van der Waals surface area contributed by atoms with Crippen molar-refractivity contribution in [2.24, 2.45) is 0 Å². The average molecular weight is 457 g/mol. The van der Waals surface area contributed by atoms with E-state index in [2.05, 4.69) is 6.92 Å². The summed E-state index contributed by atoms with van der Waals surface area (Å²) in [5, 5.41) is 28.9. The van der Waals surface area contributed by atoms with Crippen LogP contribution in [0.25, 0.3) is 0 Å².